The van der Waals surface area contributed by atoms with Gasteiger partial charge in [0.05, 0.1) is 6.61 Å². The zero-order valence-corrected chi connectivity index (χ0v) is 8.41. The molecular weight excluding hydrogens is 197 g/mol. The molecule has 0 aliphatic heterocycles. The largest absolute Gasteiger partial charge is 0.493 e. The summed E-state index contributed by atoms with van der Waals surface area (Å²) in [6, 6.07) is 1.66. The third-order valence-corrected chi connectivity index (χ3v) is 2.00. The van der Waals surface area contributed by atoms with Gasteiger partial charge in [0.15, 0.2) is 0 Å². The maximum atomic E-state index is 5.78. The van der Waals surface area contributed by atoms with Crippen molar-refractivity contribution in [3.8, 4) is 5.75 Å². The van der Waals surface area contributed by atoms with E-state index >= 15 is 0 Å². The van der Waals surface area contributed by atoms with E-state index in [0.29, 0.717) is 22.7 Å². The van der Waals surface area contributed by atoms with Crippen molar-refractivity contribution in [2.45, 2.75) is 13.8 Å². The number of hydrogen-bond donors (Lipinski definition) is 0. The fraction of sp³-hybridized carbons (Fsp3) is 0.375. The van der Waals surface area contributed by atoms with Gasteiger partial charge in [-0.05, 0) is 13.8 Å². The second-order valence-electron chi connectivity index (χ2n) is 2.29. The number of halogens is 2. The van der Waals surface area contributed by atoms with Crippen molar-refractivity contribution in [3.05, 3.63) is 21.9 Å². The van der Waals surface area contributed by atoms with E-state index in [2.05, 4.69) is 4.98 Å². The fourth-order valence-electron chi connectivity index (χ4n) is 0.833. The summed E-state index contributed by atoms with van der Waals surface area (Å²) in [5.41, 5.74) is 0.822. The molecular formula is C8H9Cl2NO. The van der Waals surface area contributed by atoms with E-state index in [9.17, 15) is 0 Å². The highest BCUT2D eigenvalue weighted by Gasteiger charge is 2.06. The molecule has 12 heavy (non-hydrogen) atoms. The maximum absolute atomic E-state index is 5.78. The van der Waals surface area contributed by atoms with Crippen LogP contribution in [0.15, 0.2) is 6.07 Å². The van der Waals surface area contributed by atoms with E-state index in [1.165, 1.54) is 0 Å². The third kappa shape index (κ3) is 2.02. The molecule has 0 saturated carbocycles. The van der Waals surface area contributed by atoms with Crippen LogP contribution in [0.4, 0.5) is 0 Å². The lowest BCUT2D eigenvalue weighted by Crippen LogP contribution is -1.95. The predicted octanol–water partition coefficient (Wildman–Crippen LogP) is 3.10. The van der Waals surface area contributed by atoms with Crippen LogP contribution in [0.25, 0.3) is 0 Å². The summed E-state index contributed by atoms with van der Waals surface area (Å²) in [6.07, 6.45) is 0. The number of pyridine rings is 1. The Morgan fingerprint density at radius 3 is 2.75 bits per heavy atom. The van der Waals surface area contributed by atoms with Crippen LogP contribution < -0.4 is 4.74 Å². The molecule has 1 aromatic rings. The average molecular weight is 206 g/mol. The summed E-state index contributed by atoms with van der Waals surface area (Å²) in [5.74, 6) is 0.697. The van der Waals surface area contributed by atoms with E-state index in [0.717, 1.165) is 5.56 Å². The van der Waals surface area contributed by atoms with Crippen LogP contribution in [-0.4, -0.2) is 11.6 Å². The van der Waals surface area contributed by atoms with Crippen LogP contribution in [0, 0.1) is 6.92 Å². The molecule has 0 bridgehead atoms. The maximum Gasteiger partial charge on any atom is 0.137 e. The lowest BCUT2D eigenvalue weighted by Gasteiger charge is -2.07. The van der Waals surface area contributed by atoms with Gasteiger partial charge in [-0.2, -0.15) is 0 Å². The Balaban J connectivity index is 3.09. The van der Waals surface area contributed by atoms with Crippen LogP contribution in [0.3, 0.4) is 0 Å². The summed E-state index contributed by atoms with van der Waals surface area (Å²) >= 11 is 11.5. The Labute approximate surface area is 81.5 Å². The first-order valence-electron chi connectivity index (χ1n) is 3.60. The van der Waals surface area contributed by atoms with Gasteiger partial charge in [0.2, 0.25) is 0 Å². The molecule has 0 spiro atoms. The molecule has 0 amide bonds. The standard InChI is InChI=1S/C8H9Cl2NO/c1-3-12-6-4-7(9)11-8(10)5(6)2/h4H,3H2,1-2H3. The highest BCUT2D eigenvalue weighted by molar-refractivity contribution is 6.33. The van der Waals surface area contributed by atoms with Gasteiger partial charge < -0.3 is 4.74 Å². The van der Waals surface area contributed by atoms with Gasteiger partial charge in [-0.1, -0.05) is 23.2 Å². The second kappa shape index (κ2) is 3.97. The first-order valence-corrected chi connectivity index (χ1v) is 4.36. The van der Waals surface area contributed by atoms with Crippen LogP contribution in [0.5, 0.6) is 5.75 Å². The molecule has 0 unspecified atom stereocenters. The zero-order valence-electron chi connectivity index (χ0n) is 6.90. The second-order valence-corrected chi connectivity index (χ2v) is 3.04. The minimum Gasteiger partial charge on any atom is -0.493 e. The molecule has 2 nitrogen and oxygen atoms in total. The summed E-state index contributed by atoms with van der Waals surface area (Å²) in [6.45, 7) is 4.34. The summed E-state index contributed by atoms with van der Waals surface area (Å²) in [4.78, 5) is 3.87. The van der Waals surface area contributed by atoms with Crippen LogP contribution in [0.1, 0.15) is 12.5 Å². The van der Waals surface area contributed by atoms with E-state index < -0.39 is 0 Å². The highest BCUT2D eigenvalue weighted by Crippen LogP contribution is 2.26. The molecule has 1 rings (SSSR count). The molecule has 0 aliphatic carbocycles. The topological polar surface area (TPSA) is 22.1 Å². The van der Waals surface area contributed by atoms with E-state index in [4.69, 9.17) is 27.9 Å². The molecule has 4 heteroatoms. The summed E-state index contributed by atoms with van der Waals surface area (Å²) in [7, 11) is 0. The van der Waals surface area contributed by atoms with Gasteiger partial charge in [0.1, 0.15) is 16.1 Å². The molecule has 0 radical (unpaired) electrons. The lowest BCUT2D eigenvalue weighted by atomic mass is 10.3. The quantitative estimate of drug-likeness (QED) is 0.693. The monoisotopic (exact) mass is 205 g/mol. The highest BCUT2D eigenvalue weighted by atomic mass is 35.5. The van der Waals surface area contributed by atoms with E-state index in [1.807, 2.05) is 13.8 Å². The number of aromatic nitrogens is 1. The van der Waals surface area contributed by atoms with Crippen molar-refractivity contribution in [2.75, 3.05) is 6.61 Å². The van der Waals surface area contributed by atoms with Crippen molar-refractivity contribution >= 4 is 23.2 Å². The Bertz CT molecular complexity index is 289. The third-order valence-electron chi connectivity index (χ3n) is 1.43. The van der Waals surface area contributed by atoms with Gasteiger partial charge in [-0.25, -0.2) is 4.98 Å². The first-order chi connectivity index (χ1) is 5.65. The number of rotatable bonds is 2. The zero-order chi connectivity index (χ0) is 9.14. The van der Waals surface area contributed by atoms with Crippen molar-refractivity contribution in [3.63, 3.8) is 0 Å². The predicted molar refractivity (Wildman–Crippen MR) is 50.2 cm³/mol. The van der Waals surface area contributed by atoms with E-state index in [-0.39, 0.29) is 0 Å². The van der Waals surface area contributed by atoms with Crippen molar-refractivity contribution in [2.24, 2.45) is 0 Å². The van der Waals surface area contributed by atoms with Gasteiger partial charge in [-0.3, -0.25) is 0 Å². The minimum absolute atomic E-state index is 0.356. The Morgan fingerprint density at radius 2 is 2.17 bits per heavy atom. The number of hydrogen-bond acceptors (Lipinski definition) is 2. The molecule has 0 fully saturated rings. The summed E-state index contributed by atoms with van der Waals surface area (Å²) < 4.78 is 5.29. The Morgan fingerprint density at radius 1 is 1.50 bits per heavy atom. The van der Waals surface area contributed by atoms with Crippen molar-refractivity contribution in [1.29, 1.82) is 0 Å². The van der Waals surface area contributed by atoms with Gasteiger partial charge in [0, 0.05) is 11.6 Å². The van der Waals surface area contributed by atoms with Crippen molar-refractivity contribution < 1.29 is 4.74 Å². The van der Waals surface area contributed by atoms with Gasteiger partial charge in [0.25, 0.3) is 0 Å². The molecule has 1 aromatic heterocycles. The molecule has 1 heterocycles. The number of ether oxygens (including phenoxy) is 1. The fourth-order valence-corrected chi connectivity index (χ4v) is 1.24. The Hall–Kier alpha value is -0.470. The average Bonchev–Trinajstić information content (AvgIpc) is 2.00. The Kier molecular flexibility index (Phi) is 3.18. The lowest BCUT2D eigenvalue weighted by molar-refractivity contribution is 0.337. The SMILES string of the molecule is CCOc1cc(Cl)nc(Cl)c1C. The van der Waals surface area contributed by atoms with Crippen molar-refractivity contribution in [1.82, 2.24) is 4.98 Å². The van der Waals surface area contributed by atoms with Crippen LogP contribution >= 0.6 is 23.2 Å². The molecule has 0 saturated heterocycles. The van der Waals surface area contributed by atoms with E-state index in [1.54, 1.807) is 6.07 Å². The number of nitrogens with zero attached hydrogens (tertiary/aromatic N) is 1. The molecule has 0 atom stereocenters. The molecule has 66 valence electrons. The minimum atomic E-state index is 0.356. The molecule has 0 N–H and O–H groups in total. The van der Waals surface area contributed by atoms with Crippen LogP contribution in [-0.2, 0) is 0 Å². The normalized spacial score (nSPS) is 10.0. The molecule has 0 aromatic carbocycles. The molecule has 0 aliphatic rings. The van der Waals surface area contributed by atoms with Crippen LogP contribution in [0.2, 0.25) is 10.3 Å². The first kappa shape index (κ1) is 9.62. The van der Waals surface area contributed by atoms with Gasteiger partial charge >= 0.3 is 0 Å². The smallest absolute Gasteiger partial charge is 0.137 e. The van der Waals surface area contributed by atoms with Gasteiger partial charge in [-0.15, -0.1) is 0 Å². The summed E-state index contributed by atoms with van der Waals surface area (Å²) in [5, 5.41) is 0.750.